The lowest BCUT2D eigenvalue weighted by Crippen LogP contribution is -2.22. The summed E-state index contributed by atoms with van der Waals surface area (Å²) in [6.45, 7) is 0.937. The fraction of sp³-hybridized carbons (Fsp3) is 0.188. The fourth-order valence-corrected chi connectivity index (χ4v) is 2.25. The molecule has 0 aliphatic rings. The number of rotatable bonds is 5. The van der Waals surface area contributed by atoms with E-state index in [-0.39, 0.29) is 16.5 Å². The number of carbonyl (C=O) groups excluding carboxylic acids is 1. The molecule has 1 N–H and O–H groups in total. The van der Waals surface area contributed by atoms with Gasteiger partial charge in [-0.05, 0) is 36.8 Å². The van der Waals surface area contributed by atoms with Crippen LogP contribution in [0.3, 0.4) is 0 Å². The Hall–Kier alpha value is -2.81. The standard InChI is InChI=1S/C16H12ClF3N2O4/c1-9-2-5-14(13(6-9)22(24)25)26-8-15(23)21-12-4-3-10(17)7-11(12)16(18,19)20/h2-7H,8H2,1H3,(H,21,23). The van der Waals surface area contributed by atoms with Crippen LogP contribution in [0.1, 0.15) is 11.1 Å². The first-order valence-electron chi connectivity index (χ1n) is 7.12. The van der Waals surface area contributed by atoms with E-state index >= 15 is 0 Å². The summed E-state index contributed by atoms with van der Waals surface area (Å²) in [5, 5.41) is 12.9. The zero-order valence-electron chi connectivity index (χ0n) is 13.3. The van der Waals surface area contributed by atoms with Gasteiger partial charge < -0.3 is 10.1 Å². The maximum atomic E-state index is 13.0. The third-order valence-electron chi connectivity index (χ3n) is 3.23. The predicted octanol–water partition coefficient (Wildman–Crippen LogP) is 4.59. The molecule has 0 fully saturated rings. The minimum absolute atomic E-state index is 0.137. The molecule has 0 saturated carbocycles. The summed E-state index contributed by atoms with van der Waals surface area (Å²) in [4.78, 5) is 22.2. The summed E-state index contributed by atoms with van der Waals surface area (Å²) in [5.74, 6) is -1.07. The van der Waals surface area contributed by atoms with Gasteiger partial charge in [-0.3, -0.25) is 14.9 Å². The molecule has 0 spiro atoms. The van der Waals surface area contributed by atoms with Crippen LogP contribution in [0.25, 0.3) is 0 Å². The van der Waals surface area contributed by atoms with E-state index in [0.717, 1.165) is 6.07 Å². The number of alkyl halides is 3. The van der Waals surface area contributed by atoms with Crippen LogP contribution in [0, 0.1) is 17.0 Å². The number of nitrogens with one attached hydrogen (secondary N) is 1. The Morgan fingerprint density at radius 2 is 1.96 bits per heavy atom. The van der Waals surface area contributed by atoms with Crippen molar-refractivity contribution in [3.63, 3.8) is 0 Å². The van der Waals surface area contributed by atoms with Crippen LogP contribution >= 0.6 is 11.6 Å². The number of hydrogen-bond donors (Lipinski definition) is 1. The van der Waals surface area contributed by atoms with Crippen molar-refractivity contribution >= 4 is 28.9 Å². The lowest BCUT2D eigenvalue weighted by atomic mass is 10.1. The SMILES string of the molecule is Cc1ccc(OCC(=O)Nc2ccc(Cl)cc2C(F)(F)F)c([N+](=O)[O-])c1. The van der Waals surface area contributed by atoms with E-state index in [1.165, 1.54) is 18.2 Å². The zero-order valence-corrected chi connectivity index (χ0v) is 14.0. The monoisotopic (exact) mass is 388 g/mol. The third kappa shape index (κ3) is 4.85. The summed E-state index contributed by atoms with van der Waals surface area (Å²) in [5.41, 5.74) is -1.33. The zero-order chi connectivity index (χ0) is 19.5. The van der Waals surface area contributed by atoms with Gasteiger partial charge >= 0.3 is 11.9 Å². The molecule has 1 amide bonds. The molecule has 10 heteroatoms. The van der Waals surface area contributed by atoms with Gasteiger partial charge in [-0.25, -0.2) is 0 Å². The lowest BCUT2D eigenvalue weighted by molar-refractivity contribution is -0.385. The molecule has 0 heterocycles. The number of ether oxygens (including phenoxy) is 1. The Labute approximate surface area is 150 Å². The van der Waals surface area contributed by atoms with Crippen LogP contribution in [0.5, 0.6) is 5.75 Å². The van der Waals surface area contributed by atoms with Crippen molar-refractivity contribution < 1.29 is 27.6 Å². The highest BCUT2D eigenvalue weighted by atomic mass is 35.5. The highest BCUT2D eigenvalue weighted by molar-refractivity contribution is 6.30. The maximum Gasteiger partial charge on any atom is 0.418 e. The minimum Gasteiger partial charge on any atom is -0.477 e. The molecule has 2 rings (SSSR count). The highest BCUT2D eigenvalue weighted by Gasteiger charge is 2.34. The van der Waals surface area contributed by atoms with Crippen molar-refractivity contribution in [2.45, 2.75) is 13.1 Å². The number of aryl methyl sites for hydroxylation is 1. The van der Waals surface area contributed by atoms with Gasteiger partial charge in [0, 0.05) is 11.1 Å². The van der Waals surface area contributed by atoms with E-state index in [1.54, 1.807) is 13.0 Å². The van der Waals surface area contributed by atoms with Gasteiger partial charge in [0.25, 0.3) is 5.91 Å². The van der Waals surface area contributed by atoms with E-state index in [4.69, 9.17) is 16.3 Å². The molecule has 0 aliphatic carbocycles. The van der Waals surface area contributed by atoms with Gasteiger partial charge in [0.2, 0.25) is 0 Å². The molecule has 6 nitrogen and oxygen atoms in total. The van der Waals surface area contributed by atoms with Gasteiger partial charge in [-0.2, -0.15) is 13.2 Å². The molecule has 26 heavy (non-hydrogen) atoms. The molecular weight excluding hydrogens is 377 g/mol. The third-order valence-corrected chi connectivity index (χ3v) is 3.47. The second-order valence-corrected chi connectivity index (χ2v) is 5.69. The normalized spacial score (nSPS) is 11.1. The molecule has 0 bridgehead atoms. The minimum atomic E-state index is -4.72. The summed E-state index contributed by atoms with van der Waals surface area (Å²) in [6, 6.07) is 7.00. The van der Waals surface area contributed by atoms with Crippen LogP contribution in [-0.2, 0) is 11.0 Å². The number of carbonyl (C=O) groups is 1. The van der Waals surface area contributed by atoms with E-state index < -0.39 is 34.9 Å². The molecule has 0 atom stereocenters. The molecule has 0 aliphatic heterocycles. The van der Waals surface area contributed by atoms with E-state index in [0.29, 0.717) is 11.6 Å². The average molecular weight is 389 g/mol. The molecule has 0 radical (unpaired) electrons. The van der Waals surface area contributed by atoms with E-state index in [9.17, 15) is 28.1 Å². The summed E-state index contributed by atoms with van der Waals surface area (Å²) in [6.07, 6.45) is -4.72. The Morgan fingerprint density at radius 3 is 2.58 bits per heavy atom. The second-order valence-electron chi connectivity index (χ2n) is 5.25. The van der Waals surface area contributed by atoms with Crippen molar-refractivity contribution in [1.29, 1.82) is 0 Å². The number of hydrogen-bond acceptors (Lipinski definition) is 4. The van der Waals surface area contributed by atoms with Crippen LogP contribution in [0.15, 0.2) is 36.4 Å². The van der Waals surface area contributed by atoms with Gasteiger partial charge in [-0.1, -0.05) is 17.7 Å². The van der Waals surface area contributed by atoms with Crippen LogP contribution < -0.4 is 10.1 Å². The van der Waals surface area contributed by atoms with Gasteiger partial charge in [0.15, 0.2) is 12.4 Å². The summed E-state index contributed by atoms with van der Waals surface area (Å²) >= 11 is 5.56. The van der Waals surface area contributed by atoms with Crippen molar-refractivity contribution in [3.05, 3.63) is 62.7 Å². The van der Waals surface area contributed by atoms with Crippen LogP contribution in [0.2, 0.25) is 5.02 Å². The molecule has 0 unspecified atom stereocenters. The van der Waals surface area contributed by atoms with Gasteiger partial charge in [0.1, 0.15) is 0 Å². The molecule has 0 saturated heterocycles. The number of nitro benzene ring substituents is 1. The van der Waals surface area contributed by atoms with Crippen LogP contribution in [0.4, 0.5) is 24.5 Å². The molecular formula is C16H12ClF3N2O4. The fourth-order valence-electron chi connectivity index (χ4n) is 2.08. The molecule has 2 aromatic rings. The number of halogens is 4. The average Bonchev–Trinajstić information content (AvgIpc) is 2.54. The van der Waals surface area contributed by atoms with Gasteiger partial charge in [0.05, 0.1) is 16.2 Å². The summed E-state index contributed by atoms with van der Waals surface area (Å²) < 4.78 is 44.1. The van der Waals surface area contributed by atoms with Gasteiger partial charge in [-0.15, -0.1) is 0 Å². The second kappa shape index (κ2) is 7.61. The predicted molar refractivity (Wildman–Crippen MR) is 88.4 cm³/mol. The summed E-state index contributed by atoms with van der Waals surface area (Å²) in [7, 11) is 0. The Balaban J connectivity index is 2.13. The van der Waals surface area contributed by atoms with Crippen molar-refractivity contribution in [1.82, 2.24) is 0 Å². The number of amides is 1. The van der Waals surface area contributed by atoms with Crippen molar-refractivity contribution in [3.8, 4) is 5.75 Å². The Bertz CT molecular complexity index is 856. The number of nitro groups is 1. The first-order chi connectivity index (χ1) is 12.1. The number of anilines is 1. The highest BCUT2D eigenvalue weighted by Crippen LogP contribution is 2.36. The quantitative estimate of drug-likeness (QED) is 0.600. The first kappa shape index (κ1) is 19.5. The molecule has 138 valence electrons. The number of benzene rings is 2. The Kier molecular flexibility index (Phi) is 5.71. The molecule has 0 aromatic heterocycles. The van der Waals surface area contributed by atoms with Crippen molar-refractivity contribution in [2.75, 3.05) is 11.9 Å². The molecule has 2 aromatic carbocycles. The Morgan fingerprint density at radius 1 is 1.27 bits per heavy atom. The van der Waals surface area contributed by atoms with Crippen LogP contribution in [-0.4, -0.2) is 17.4 Å². The maximum absolute atomic E-state index is 13.0. The smallest absolute Gasteiger partial charge is 0.418 e. The number of nitrogens with zero attached hydrogens (tertiary/aromatic N) is 1. The lowest BCUT2D eigenvalue weighted by Gasteiger charge is -2.14. The first-order valence-corrected chi connectivity index (χ1v) is 7.50. The largest absolute Gasteiger partial charge is 0.477 e. The van der Waals surface area contributed by atoms with E-state index in [1.807, 2.05) is 0 Å². The van der Waals surface area contributed by atoms with E-state index in [2.05, 4.69) is 5.32 Å². The topological polar surface area (TPSA) is 81.5 Å². The van der Waals surface area contributed by atoms with Crippen molar-refractivity contribution in [2.24, 2.45) is 0 Å².